The summed E-state index contributed by atoms with van der Waals surface area (Å²) >= 11 is 5.29. The number of rotatable bonds is 1. The molecule has 1 saturated heterocycles. The first-order chi connectivity index (χ1) is 5.51. The lowest BCUT2D eigenvalue weighted by Crippen LogP contribution is -2.11. The summed E-state index contributed by atoms with van der Waals surface area (Å²) < 4.78 is 22.2. The minimum absolute atomic E-state index is 0.107. The van der Waals surface area contributed by atoms with Crippen LogP contribution in [0.4, 0.5) is 0 Å². The van der Waals surface area contributed by atoms with Crippen molar-refractivity contribution in [2.45, 2.75) is 19.3 Å². The number of sulfone groups is 1. The number of hydrogen-bond acceptors (Lipinski definition) is 3. The van der Waals surface area contributed by atoms with Crippen LogP contribution in [0.5, 0.6) is 0 Å². The highest BCUT2D eigenvalue weighted by molar-refractivity contribution is 7.91. The van der Waals surface area contributed by atoms with Gasteiger partial charge in [-0.15, -0.1) is 0 Å². The Hall–Kier alpha value is -0.0900. The van der Waals surface area contributed by atoms with Crippen molar-refractivity contribution < 1.29 is 13.2 Å². The molecule has 0 radical (unpaired) electrons. The molecular weight excluding hydrogens is 200 g/mol. The minimum Gasteiger partial charge on any atom is -0.281 e. The molecule has 0 saturated carbocycles. The smallest absolute Gasteiger partial charge is 0.224 e. The molecule has 0 unspecified atom stereocenters. The number of hydrogen-bond donors (Lipinski definition) is 0. The van der Waals surface area contributed by atoms with E-state index in [1.807, 2.05) is 0 Å². The molecule has 0 amide bonds. The number of carbonyl (C=O) groups excluding carboxylic acids is 1. The highest BCUT2D eigenvalue weighted by Crippen LogP contribution is 2.20. The first-order valence-corrected chi connectivity index (χ1v) is 6.11. The van der Waals surface area contributed by atoms with Crippen LogP contribution in [0.25, 0.3) is 0 Å². The fourth-order valence-corrected chi connectivity index (χ4v) is 3.02. The molecule has 70 valence electrons. The second-order valence-corrected chi connectivity index (χ2v) is 5.76. The molecular formula is C7H11ClO3S. The third kappa shape index (κ3) is 2.75. The van der Waals surface area contributed by atoms with E-state index in [2.05, 4.69) is 0 Å². The third-order valence-electron chi connectivity index (χ3n) is 2.11. The van der Waals surface area contributed by atoms with Crippen LogP contribution in [0.1, 0.15) is 19.3 Å². The molecule has 0 aromatic rings. The normalized spacial score (nSPS) is 29.2. The van der Waals surface area contributed by atoms with Crippen LogP contribution in [-0.2, 0) is 14.6 Å². The maximum atomic E-state index is 11.1. The largest absolute Gasteiger partial charge is 0.281 e. The van der Waals surface area contributed by atoms with Crippen LogP contribution in [-0.4, -0.2) is 25.2 Å². The molecule has 1 rings (SSSR count). The molecule has 0 aromatic heterocycles. The molecule has 12 heavy (non-hydrogen) atoms. The van der Waals surface area contributed by atoms with Gasteiger partial charge in [-0.3, -0.25) is 4.79 Å². The third-order valence-corrected chi connectivity index (χ3v) is 4.18. The van der Waals surface area contributed by atoms with Crippen molar-refractivity contribution in [3.63, 3.8) is 0 Å². The molecule has 0 N–H and O–H groups in total. The molecule has 1 atom stereocenters. The van der Waals surface area contributed by atoms with Crippen molar-refractivity contribution in [3.8, 4) is 0 Å². The van der Waals surface area contributed by atoms with Gasteiger partial charge in [0.15, 0.2) is 0 Å². The zero-order chi connectivity index (χ0) is 9.19. The van der Waals surface area contributed by atoms with Crippen molar-refractivity contribution >= 4 is 26.7 Å². The molecule has 0 spiro atoms. The topological polar surface area (TPSA) is 51.2 Å². The first kappa shape index (κ1) is 9.99. The van der Waals surface area contributed by atoms with E-state index in [0.717, 1.165) is 0 Å². The summed E-state index contributed by atoms with van der Waals surface area (Å²) in [5.74, 6) is 0.0630. The minimum atomic E-state index is -2.90. The molecule has 1 fully saturated rings. The predicted molar refractivity (Wildman–Crippen MR) is 46.9 cm³/mol. The average molecular weight is 211 g/mol. The molecule has 3 nitrogen and oxygen atoms in total. The molecule has 0 bridgehead atoms. The average Bonchev–Trinajstić information content (AvgIpc) is 2.10. The van der Waals surface area contributed by atoms with Crippen molar-refractivity contribution in [2.75, 3.05) is 11.5 Å². The van der Waals surface area contributed by atoms with Gasteiger partial charge in [-0.1, -0.05) is 0 Å². The van der Waals surface area contributed by atoms with Crippen molar-refractivity contribution in [1.82, 2.24) is 0 Å². The van der Waals surface area contributed by atoms with E-state index >= 15 is 0 Å². The van der Waals surface area contributed by atoms with E-state index in [-0.39, 0.29) is 17.4 Å². The van der Waals surface area contributed by atoms with E-state index in [9.17, 15) is 13.2 Å². The maximum absolute atomic E-state index is 11.1. The van der Waals surface area contributed by atoms with Gasteiger partial charge in [0.2, 0.25) is 5.24 Å². The fourth-order valence-electron chi connectivity index (χ4n) is 1.34. The Morgan fingerprint density at radius 2 is 1.92 bits per heavy atom. The van der Waals surface area contributed by atoms with E-state index in [1.165, 1.54) is 0 Å². The zero-order valence-corrected chi connectivity index (χ0v) is 8.20. The zero-order valence-electron chi connectivity index (χ0n) is 6.62. The van der Waals surface area contributed by atoms with Crippen molar-refractivity contribution in [1.29, 1.82) is 0 Å². The van der Waals surface area contributed by atoms with E-state index in [1.54, 1.807) is 0 Å². The van der Waals surface area contributed by atoms with Crippen LogP contribution >= 0.6 is 11.6 Å². The van der Waals surface area contributed by atoms with Gasteiger partial charge in [-0.2, -0.15) is 0 Å². The van der Waals surface area contributed by atoms with Gasteiger partial charge < -0.3 is 0 Å². The summed E-state index contributed by atoms with van der Waals surface area (Å²) in [5, 5.41) is -0.396. The maximum Gasteiger partial charge on any atom is 0.224 e. The van der Waals surface area contributed by atoms with Crippen LogP contribution in [0.15, 0.2) is 0 Å². The Morgan fingerprint density at radius 1 is 1.25 bits per heavy atom. The molecule has 5 heteroatoms. The monoisotopic (exact) mass is 210 g/mol. The Morgan fingerprint density at radius 3 is 2.50 bits per heavy atom. The second kappa shape index (κ2) is 3.75. The van der Waals surface area contributed by atoms with E-state index < -0.39 is 15.1 Å². The van der Waals surface area contributed by atoms with Gasteiger partial charge in [-0.25, -0.2) is 8.42 Å². The molecule has 1 heterocycles. The lowest BCUT2D eigenvalue weighted by atomic mass is 10.0. The summed E-state index contributed by atoms with van der Waals surface area (Å²) in [7, 11) is -2.90. The highest BCUT2D eigenvalue weighted by atomic mass is 35.5. The van der Waals surface area contributed by atoms with E-state index in [0.29, 0.717) is 19.3 Å². The van der Waals surface area contributed by atoms with Gasteiger partial charge in [0.05, 0.1) is 11.5 Å². The standard InChI is InChI=1S/C7H11ClO3S/c8-7(9)6-2-1-4-12(10,11)5-3-6/h6H,1-5H2/t6-/m0/s1. The Kier molecular flexibility index (Phi) is 3.12. The Balaban J connectivity index is 2.62. The SMILES string of the molecule is O=C(Cl)[C@H]1CCCS(=O)(=O)CC1. The Bertz CT molecular complexity index is 270. The summed E-state index contributed by atoms with van der Waals surface area (Å²) in [5.41, 5.74) is 0. The quantitative estimate of drug-likeness (QED) is 0.606. The van der Waals surface area contributed by atoms with Gasteiger partial charge in [-0.05, 0) is 30.9 Å². The lowest BCUT2D eigenvalue weighted by Gasteiger charge is -2.04. The van der Waals surface area contributed by atoms with Gasteiger partial charge in [0, 0.05) is 5.92 Å². The predicted octanol–water partition coefficient (Wildman–Crippen LogP) is 0.967. The van der Waals surface area contributed by atoms with Crippen LogP contribution in [0, 0.1) is 5.92 Å². The fraction of sp³-hybridized carbons (Fsp3) is 0.857. The Labute approximate surface area is 77.0 Å². The summed E-state index contributed by atoms with van der Waals surface area (Å²) in [6.45, 7) is 0. The van der Waals surface area contributed by atoms with Crippen molar-refractivity contribution in [3.05, 3.63) is 0 Å². The molecule has 0 aromatic carbocycles. The summed E-state index contributed by atoms with van der Waals surface area (Å²) in [4.78, 5) is 10.7. The first-order valence-electron chi connectivity index (χ1n) is 3.91. The molecule has 1 aliphatic heterocycles. The molecule has 0 aliphatic carbocycles. The highest BCUT2D eigenvalue weighted by Gasteiger charge is 2.24. The second-order valence-electron chi connectivity index (χ2n) is 3.08. The molecule has 1 aliphatic rings. The number of halogens is 1. The van der Waals surface area contributed by atoms with Crippen molar-refractivity contribution in [2.24, 2.45) is 5.92 Å². The van der Waals surface area contributed by atoms with Crippen LogP contribution in [0.2, 0.25) is 0 Å². The number of carbonyl (C=O) groups is 1. The summed E-state index contributed by atoms with van der Waals surface area (Å²) in [6.07, 6.45) is 1.57. The van der Waals surface area contributed by atoms with Crippen LogP contribution < -0.4 is 0 Å². The van der Waals surface area contributed by atoms with E-state index in [4.69, 9.17) is 11.6 Å². The van der Waals surface area contributed by atoms with Gasteiger partial charge in [0.25, 0.3) is 0 Å². The van der Waals surface area contributed by atoms with Gasteiger partial charge >= 0.3 is 0 Å². The summed E-state index contributed by atoms with van der Waals surface area (Å²) in [6, 6.07) is 0. The van der Waals surface area contributed by atoms with Gasteiger partial charge in [0.1, 0.15) is 9.84 Å². The lowest BCUT2D eigenvalue weighted by molar-refractivity contribution is -0.115. The van der Waals surface area contributed by atoms with Crippen LogP contribution in [0.3, 0.4) is 0 Å².